The molecule has 0 aliphatic carbocycles. The zero-order valence-corrected chi connectivity index (χ0v) is 22.5. The Morgan fingerprint density at radius 2 is 1.77 bits per heavy atom. The van der Waals surface area contributed by atoms with E-state index in [1.165, 1.54) is 16.2 Å². The maximum Gasteiger partial charge on any atom is 0.297 e. The highest BCUT2D eigenvalue weighted by Crippen LogP contribution is 2.44. The second-order valence-electron chi connectivity index (χ2n) is 9.27. The van der Waals surface area contributed by atoms with Crippen LogP contribution < -0.4 is 19.8 Å². The molecule has 9 heteroatoms. The summed E-state index contributed by atoms with van der Waals surface area (Å²) in [5.74, 6) is 0.652. The van der Waals surface area contributed by atoms with Crippen molar-refractivity contribution in [2.45, 2.75) is 33.4 Å². The molecule has 1 aliphatic rings. The van der Waals surface area contributed by atoms with E-state index >= 15 is 0 Å². The van der Waals surface area contributed by atoms with Crippen LogP contribution in [0.15, 0.2) is 75.9 Å². The molecule has 6 rings (SSSR count). The van der Waals surface area contributed by atoms with Crippen LogP contribution >= 0.6 is 11.3 Å². The van der Waals surface area contributed by atoms with E-state index in [2.05, 4.69) is 10.2 Å². The Labute approximate surface area is 228 Å². The van der Waals surface area contributed by atoms with Crippen LogP contribution in [0.3, 0.4) is 0 Å². The Morgan fingerprint density at radius 3 is 2.51 bits per heavy atom. The molecular formula is C30H25N3O5S. The van der Waals surface area contributed by atoms with Crippen LogP contribution in [-0.4, -0.2) is 22.7 Å². The zero-order chi connectivity index (χ0) is 27.1. The van der Waals surface area contributed by atoms with Crippen molar-refractivity contribution < 1.29 is 18.7 Å². The minimum absolute atomic E-state index is 0.0107. The van der Waals surface area contributed by atoms with Gasteiger partial charge in [-0.2, -0.15) is 0 Å². The first kappa shape index (κ1) is 24.8. The number of anilines is 1. The van der Waals surface area contributed by atoms with Gasteiger partial charge in [-0.1, -0.05) is 59.4 Å². The van der Waals surface area contributed by atoms with Gasteiger partial charge < -0.3 is 13.9 Å². The predicted molar refractivity (Wildman–Crippen MR) is 149 cm³/mol. The van der Waals surface area contributed by atoms with Gasteiger partial charge in [0.05, 0.1) is 23.6 Å². The highest BCUT2D eigenvalue weighted by molar-refractivity contribution is 7.15. The van der Waals surface area contributed by atoms with Gasteiger partial charge in [0.1, 0.15) is 17.2 Å². The lowest BCUT2D eigenvalue weighted by atomic mass is 9.98. The fraction of sp³-hybridized carbons (Fsp3) is 0.200. The monoisotopic (exact) mass is 539 g/mol. The summed E-state index contributed by atoms with van der Waals surface area (Å²) in [5, 5.41) is 9.86. The van der Waals surface area contributed by atoms with Crippen molar-refractivity contribution in [3.63, 3.8) is 0 Å². The number of hydrogen-bond acceptors (Lipinski definition) is 8. The van der Waals surface area contributed by atoms with E-state index < -0.39 is 11.9 Å². The van der Waals surface area contributed by atoms with Crippen LogP contribution in [0.5, 0.6) is 11.5 Å². The van der Waals surface area contributed by atoms with Crippen molar-refractivity contribution >= 4 is 33.3 Å². The number of hydrogen-bond donors (Lipinski definition) is 0. The van der Waals surface area contributed by atoms with Crippen molar-refractivity contribution in [1.29, 1.82) is 0 Å². The lowest BCUT2D eigenvalue weighted by Gasteiger charge is -2.23. The topological polar surface area (TPSA) is 94.8 Å². The van der Waals surface area contributed by atoms with Crippen molar-refractivity contribution in [1.82, 2.24) is 10.2 Å². The summed E-state index contributed by atoms with van der Waals surface area (Å²) in [6, 6.07) is 19.9. The number of amides is 1. The minimum atomic E-state index is -0.775. The van der Waals surface area contributed by atoms with Crippen molar-refractivity contribution in [3.8, 4) is 11.5 Å². The van der Waals surface area contributed by atoms with Crippen LogP contribution in [-0.2, 0) is 6.61 Å². The molecule has 39 heavy (non-hydrogen) atoms. The molecule has 0 radical (unpaired) electrons. The van der Waals surface area contributed by atoms with Crippen LogP contribution in [0.4, 0.5) is 5.13 Å². The van der Waals surface area contributed by atoms with Crippen molar-refractivity contribution in [3.05, 3.63) is 110 Å². The minimum Gasteiger partial charge on any atom is -0.490 e. The van der Waals surface area contributed by atoms with Crippen molar-refractivity contribution in [2.24, 2.45) is 0 Å². The molecule has 0 fully saturated rings. The number of benzene rings is 3. The highest BCUT2D eigenvalue weighted by atomic mass is 32.1. The Hall–Kier alpha value is -4.50. The first-order valence-corrected chi connectivity index (χ1v) is 13.4. The number of ether oxygens (including phenoxy) is 2. The lowest BCUT2D eigenvalue weighted by molar-refractivity contribution is 0.0970. The number of aryl methyl sites for hydroxylation is 2. The van der Waals surface area contributed by atoms with Gasteiger partial charge in [0.2, 0.25) is 10.9 Å². The number of rotatable bonds is 7. The summed E-state index contributed by atoms with van der Waals surface area (Å²) in [6.07, 6.45) is 0. The molecule has 0 saturated heterocycles. The van der Waals surface area contributed by atoms with Crippen molar-refractivity contribution in [2.75, 3.05) is 11.5 Å². The predicted octanol–water partition coefficient (Wildman–Crippen LogP) is 5.99. The molecule has 196 valence electrons. The second kappa shape index (κ2) is 9.99. The molecule has 8 nitrogen and oxygen atoms in total. The Balaban J connectivity index is 1.49. The van der Waals surface area contributed by atoms with Gasteiger partial charge in [-0.25, -0.2) is 0 Å². The molecule has 2 aromatic heterocycles. The van der Waals surface area contributed by atoms with Crippen LogP contribution in [0.1, 0.15) is 50.8 Å². The fourth-order valence-corrected chi connectivity index (χ4v) is 5.51. The van der Waals surface area contributed by atoms with Gasteiger partial charge in [-0.3, -0.25) is 14.5 Å². The Kier molecular flexibility index (Phi) is 6.36. The van der Waals surface area contributed by atoms with Crippen LogP contribution in [0, 0.1) is 13.8 Å². The molecule has 1 aliphatic heterocycles. The number of carbonyl (C=O) groups is 1. The summed E-state index contributed by atoms with van der Waals surface area (Å²) in [6.45, 7) is 6.40. The average Bonchev–Trinajstić information content (AvgIpc) is 3.49. The van der Waals surface area contributed by atoms with E-state index in [4.69, 9.17) is 13.9 Å². The zero-order valence-electron chi connectivity index (χ0n) is 21.6. The van der Waals surface area contributed by atoms with Gasteiger partial charge in [0, 0.05) is 0 Å². The molecule has 0 saturated carbocycles. The van der Waals surface area contributed by atoms with Gasteiger partial charge in [0.15, 0.2) is 16.9 Å². The largest absolute Gasteiger partial charge is 0.490 e. The number of fused-ring (bicyclic) bond motifs is 2. The molecule has 0 unspecified atom stereocenters. The summed E-state index contributed by atoms with van der Waals surface area (Å²) in [5.41, 5.74) is 3.00. The average molecular weight is 540 g/mol. The molecule has 3 heterocycles. The number of carbonyl (C=O) groups excluding carboxylic acids is 1. The van der Waals surface area contributed by atoms with Gasteiger partial charge in [-0.05, 0) is 56.2 Å². The molecule has 5 aromatic rings. The quantitative estimate of drug-likeness (QED) is 0.251. The maximum absolute atomic E-state index is 13.9. The summed E-state index contributed by atoms with van der Waals surface area (Å²) >= 11 is 1.28. The van der Waals surface area contributed by atoms with Gasteiger partial charge in [-0.15, -0.1) is 10.2 Å². The molecule has 1 amide bonds. The summed E-state index contributed by atoms with van der Waals surface area (Å²) in [7, 11) is 0. The smallest absolute Gasteiger partial charge is 0.297 e. The third-order valence-corrected chi connectivity index (χ3v) is 7.41. The first-order valence-electron chi connectivity index (χ1n) is 12.6. The third-order valence-electron chi connectivity index (χ3n) is 6.57. The van der Waals surface area contributed by atoms with Gasteiger partial charge in [0.25, 0.3) is 5.91 Å². The first-order chi connectivity index (χ1) is 18.9. The van der Waals surface area contributed by atoms with Crippen LogP contribution in [0.25, 0.3) is 11.0 Å². The summed E-state index contributed by atoms with van der Waals surface area (Å²) < 4.78 is 18.1. The molecule has 1 atom stereocenters. The Bertz CT molecular complexity index is 1760. The van der Waals surface area contributed by atoms with E-state index in [0.29, 0.717) is 51.4 Å². The SMILES string of the molecule is CCOc1cc([C@H]2c3c(oc4ccc(C)cc4c3=O)C(=O)N2c2nnc(C)s2)ccc1OCc1ccccc1. The maximum atomic E-state index is 13.9. The highest BCUT2D eigenvalue weighted by Gasteiger charge is 2.45. The van der Waals surface area contributed by atoms with Crippen LogP contribution in [0.2, 0.25) is 0 Å². The third kappa shape index (κ3) is 4.44. The van der Waals surface area contributed by atoms with E-state index in [-0.39, 0.29) is 16.8 Å². The number of nitrogens with zero attached hydrogens (tertiary/aromatic N) is 3. The second-order valence-corrected chi connectivity index (χ2v) is 10.4. The molecule has 3 aromatic carbocycles. The van der Waals surface area contributed by atoms with E-state index in [1.807, 2.05) is 75.4 Å². The normalized spacial score (nSPS) is 14.6. The van der Waals surface area contributed by atoms with E-state index in [0.717, 1.165) is 11.1 Å². The van der Waals surface area contributed by atoms with E-state index in [1.54, 1.807) is 12.1 Å². The number of aromatic nitrogens is 2. The molecular weight excluding hydrogens is 514 g/mol. The fourth-order valence-electron chi connectivity index (χ4n) is 4.80. The summed E-state index contributed by atoms with van der Waals surface area (Å²) in [4.78, 5) is 29.1. The molecule has 0 spiro atoms. The van der Waals surface area contributed by atoms with Gasteiger partial charge >= 0.3 is 0 Å². The molecule has 0 bridgehead atoms. The lowest BCUT2D eigenvalue weighted by Crippen LogP contribution is -2.29. The van der Waals surface area contributed by atoms with E-state index in [9.17, 15) is 9.59 Å². The Morgan fingerprint density at radius 1 is 0.949 bits per heavy atom. The standard InChI is InChI=1S/C30H25N3O5S/c1-4-36-24-15-20(11-13-23(24)37-16-19-8-6-5-7-9-19)26-25-27(34)21-14-17(2)10-12-22(21)38-28(25)29(35)33(26)30-32-31-18(3)39-30/h5-15,26H,4,16H2,1-3H3/t26-/m0/s1. The molecule has 0 N–H and O–H groups in total.